The molecular formula is C8H14N2O. The molecule has 0 heterocycles. The number of nitrogens with two attached hydrogens (primary N) is 1. The first-order valence-electron chi connectivity index (χ1n) is 3.47. The van der Waals surface area contributed by atoms with Crippen LogP contribution in [0.1, 0.15) is 20.8 Å². The lowest BCUT2D eigenvalue weighted by Crippen LogP contribution is -2.48. The maximum Gasteiger partial charge on any atom is 0.296 e. The van der Waals surface area contributed by atoms with Crippen LogP contribution in [-0.2, 0) is 4.79 Å². The first-order chi connectivity index (χ1) is 5.02. The van der Waals surface area contributed by atoms with E-state index in [0.717, 1.165) is 0 Å². The molecule has 3 heteroatoms. The number of nitrogens with one attached hydrogen (secondary N) is 1. The van der Waals surface area contributed by atoms with E-state index in [0.29, 0.717) is 6.54 Å². The van der Waals surface area contributed by atoms with E-state index in [1.165, 1.54) is 0 Å². The minimum absolute atomic E-state index is 0.275. The van der Waals surface area contributed by atoms with E-state index in [2.05, 4.69) is 17.2 Å². The molecular weight excluding hydrogens is 140 g/mol. The Morgan fingerprint density at radius 1 is 1.64 bits per heavy atom. The average Bonchev–Trinajstić information content (AvgIpc) is 1.87. The lowest BCUT2D eigenvalue weighted by Gasteiger charge is -2.22. The largest absolute Gasteiger partial charge is 0.339 e. The third kappa shape index (κ3) is 4.40. The van der Waals surface area contributed by atoms with Crippen LogP contribution in [0.3, 0.4) is 0 Å². The molecule has 0 radical (unpaired) electrons. The van der Waals surface area contributed by atoms with Gasteiger partial charge in [0.05, 0.1) is 0 Å². The maximum absolute atomic E-state index is 10.9. The van der Waals surface area contributed by atoms with Gasteiger partial charge >= 0.3 is 0 Å². The van der Waals surface area contributed by atoms with Crippen LogP contribution in [0.5, 0.6) is 0 Å². The molecule has 0 fully saturated rings. The van der Waals surface area contributed by atoms with E-state index in [4.69, 9.17) is 5.73 Å². The van der Waals surface area contributed by atoms with Crippen molar-refractivity contribution in [2.45, 2.75) is 26.3 Å². The highest BCUT2D eigenvalue weighted by molar-refractivity contribution is 5.93. The van der Waals surface area contributed by atoms with Gasteiger partial charge in [0.15, 0.2) is 0 Å². The number of amides is 1. The normalized spacial score (nSPS) is 9.82. The summed E-state index contributed by atoms with van der Waals surface area (Å²) in [5, 5.41) is 2.67. The number of rotatable bonds is 2. The van der Waals surface area contributed by atoms with Crippen molar-refractivity contribution >= 4 is 5.91 Å². The van der Waals surface area contributed by atoms with Gasteiger partial charge in [0.25, 0.3) is 5.91 Å². The summed E-state index contributed by atoms with van der Waals surface area (Å²) in [6.45, 7) is 5.73. The third-order valence-electron chi connectivity index (χ3n) is 1.20. The van der Waals surface area contributed by atoms with Gasteiger partial charge in [-0.2, -0.15) is 0 Å². The number of carbonyl (C=O) groups excluding carboxylic acids is 1. The summed E-state index contributed by atoms with van der Waals surface area (Å²) in [5.41, 5.74) is 5.03. The van der Waals surface area contributed by atoms with Crippen LogP contribution in [0.25, 0.3) is 0 Å². The van der Waals surface area contributed by atoms with Crippen molar-refractivity contribution in [3.63, 3.8) is 0 Å². The minimum Gasteiger partial charge on any atom is -0.339 e. The van der Waals surface area contributed by atoms with Crippen molar-refractivity contribution in [3.05, 3.63) is 0 Å². The van der Waals surface area contributed by atoms with Gasteiger partial charge in [-0.3, -0.25) is 4.79 Å². The molecule has 3 N–H and O–H groups in total. The molecule has 0 aromatic rings. The van der Waals surface area contributed by atoms with Gasteiger partial charge in [0.2, 0.25) is 0 Å². The first kappa shape index (κ1) is 9.99. The monoisotopic (exact) mass is 154 g/mol. The lowest BCUT2D eigenvalue weighted by molar-refractivity contribution is -0.117. The Morgan fingerprint density at radius 3 is 2.55 bits per heavy atom. The Balaban J connectivity index is 4.00. The van der Waals surface area contributed by atoms with Gasteiger partial charge in [-0.1, -0.05) is 5.92 Å². The smallest absolute Gasteiger partial charge is 0.296 e. The number of carbonyl (C=O) groups is 1. The van der Waals surface area contributed by atoms with Crippen molar-refractivity contribution in [1.82, 2.24) is 5.32 Å². The fraction of sp³-hybridized carbons (Fsp3) is 0.625. The molecule has 0 saturated heterocycles. The Labute approximate surface area is 67.3 Å². The van der Waals surface area contributed by atoms with Gasteiger partial charge in [0, 0.05) is 12.1 Å². The van der Waals surface area contributed by atoms with E-state index < -0.39 is 0 Å². The summed E-state index contributed by atoms with van der Waals surface area (Å²) in [7, 11) is 0. The Bertz CT molecular complexity index is 198. The molecule has 0 aliphatic rings. The second kappa shape index (κ2) is 3.99. The van der Waals surface area contributed by atoms with E-state index in [1.54, 1.807) is 6.92 Å². The second-order valence-electron chi connectivity index (χ2n) is 2.92. The summed E-state index contributed by atoms with van der Waals surface area (Å²) < 4.78 is 0. The van der Waals surface area contributed by atoms with Crippen LogP contribution < -0.4 is 11.1 Å². The van der Waals surface area contributed by atoms with Crippen molar-refractivity contribution in [1.29, 1.82) is 0 Å². The highest BCUT2D eigenvalue weighted by Gasteiger charge is 2.16. The highest BCUT2D eigenvalue weighted by Crippen LogP contribution is 1.96. The second-order valence-corrected chi connectivity index (χ2v) is 2.92. The standard InChI is InChI=1S/C8H14N2O/c1-4-5-7(11)10-8(2,3)6-9/h6,9H2,1-3H3,(H,10,11). The topological polar surface area (TPSA) is 55.1 Å². The van der Waals surface area contributed by atoms with Gasteiger partial charge in [0.1, 0.15) is 0 Å². The van der Waals surface area contributed by atoms with E-state index in [-0.39, 0.29) is 11.4 Å². The molecule has 0 spiro atoms. The Kier molecular flexibility index (Phi) is 3.63. The summed E-state index contributed by atoms with van der Waals surface area (Å²) in [6, 6.07) is 0. The Morgan fingerprint density at radius 2 is 2.18 bits per heavy atom. The van der Waals surface area contributed by atoms with Gasteiger partial charge in [-0.05, 0) is 26.7 Å². The van der Waals surface area contributed by atoms with Crippen molar-refractivity contribution < 1.29 is 4.79 Å². The molecule has 0 aliphatic carbocycles. The summed E-state index contributed by atoms with van der Waals surface area (Å²) in [4.78, 5) is 10.9. The predicted molar refractivity (Wildman–Crippen MR) is 44.7 cm³/mol. The first-order valence-corrected chi connectivity index (χ1v) is 3.47. The van der Waals surface area contributed by atoms with Crippen LogP contribution in [-0.4, -0.2) is 18.0 Å². The number of hydrogen-bond acceptors (Lipinski definition) is 2. The summed E-state index contributed by atoms with van der Waals surface area (Å²) in [5.74, 6) is 4.62. The van der Waals surface area contributed by atoms with Crippen molar-refractivity contribution in [2.75, 3.05) is 6.54 Å². The van der Waals surface area contributed by atoms with E-state index in [1.807, 2.05) is 13.8 Å². The zero-order valence-electron chi connectivity index (χ0n) is 7.19. The van der Waals surface area contributed by atoms with E-state index in [9.17, 15) is 4.79 Å². The van der Waals surface area contributed by atoms with E-state index >= 15 is 0 Å². The quantitative estimate of drug-likeness (QED) is 0.544. The lowest BCUT2D eigenvalue weighted by atomic mass is 10.1. The molecule has 62 valence electrons. The fourth-order valence-corrected chi connectivity index (χ4v) is 0.503. The average molecular weight is 154 g/mol. The molecule has 11 heavy (non-hydrogen) atoms. The predicted octanol–water partition coefficient (Wildman–Crippen LogP) is -0.137. The maximum atomic E-state index is 10.9. The number of hydrogen-bond donors (Lipinski definition) is 2. The molecule has 0 aliphatic heterocycles. The minimum atomic E-state index is -0.360. The molecule has 0 saturated carbocycles. The highest BCUT2D eigenvalue weighted by atomic mass is 16.1. The van der Waals surface area contributed by atoms with Gasteiger partial charge in [-0.15, -0.1) is 0 Å². The van der Waals surface area contributed by atoms with Gasteiger partial charge < -0.3 is 11.1 Å². The van der Waals surface area contributed by atoms with Crippen molar-refractivity contribution in [2.24, 2.45) is 5.73 Å². The van der Waals surface area contributed by atoms with Crippen molar-refractivity contribution in [3.8, 4) is 11.8 Å². The molecule has 0 aromatic carbocycles. The molecule has 0 bridgehead atoms. The SMILES string of the molecule is CC#CC(=O)NC(C)(C)CN. The van der Waals surface area contributed by atoms with Gasteiger partial charge in [-0.25, -0.2) is 0 Å². The Hall–Kier alpha value is -1.01. The molecule has 1 amide bonds. The fourth-order valence-electron chi connectivity index (χ4n) is 0.503. The molecule has 0 rings (SSSR count). The van der Waals surface area contributed by atoms with Crippen LogP contribution in [0.15, 0.2) is 0 Å². The van der Waals surface area contributed by atoms with Crippen LogP contribution in [0, 0.1) is 11.8 Å². The molecule has 0 unspecified atom stereocenters. The summed E-state index contributed by atoms with van der Waals surface area (Å²) in [6.07, 6.45) is 0. The van der Waals surface area contributed by atoms with Crippen LogP contribution in [0.2, 0.25) is 0 Å². The summed E-state index contributed by atoms with van der Waals surface area (Å²) >= 11 is 0. The molecule has 3 nitrogen and oxygen atoms in total. The third-order valence-corrected chi connectivity index (χ3v) is 1.20. The molecule has 0 atom stereocenters. The van der Waals surface area contributed by atoms with Crippen LogP contribution in [0.4, 0.5) is 0 Å². The zero-order valence-corrected chi connectivity index (χ0v) is 7.19. The van der Waals surface area contributed by atoms with Crippen LogP contribution >= 0.6 is 0 Å². The zero-order chi connectivity index (χ0) is 8.91. The molecule has 0 aromatic heterocycles.